The first-order valence-corrected chi connectivity index (χ1v) is 11.9. The highest BCUT2D eigenvalue weighted by Crippen LogP contribution is 2.13. The van der Waals surface area contributed by atoms with E-state index in [1.54, 1.807) is 53.3 Å². The van der Waals surface area contributed by atoms with E-state index in [1.165, 1.54) is 6.21 Å². The van der Waals surface area contributed by atoms with E-state index >= 15 is 0 Å². The molecule has 1 aromatic carbocycles. The van der Waals surface area contributed by atoms with Crippen molar-refractivity contribution >= 4 is 53.4 Å². The second kappa shape index (κ2) is 11.3. The molecule has 3 aromatic heterocycles. The minimum atomic E-state index is -3.39. The molecule has 0 amide bonds. The number of aryl methyl sites for hydroxylation is 1. The maximum absolute atomic E-state index is 12.1. The SMILES string of the molecule is Brc1ccn2nncc2c1.C.Cc1ccc(S(=O)(=O)CN=Cc2cc(Br)ccn2)cc1. The number of aromatic nitrogens is 4. The van der Waals surface area contributed by atoms with Gasteiger partial charge in [-0.3, -0.25) is 9.98 Å². The van der Waals surface area contributed by atoms with Gasteiger partial charge in [0, 0.05) is 27.6 Å². The lowest BCUT2D eigenvalue weighted by Crippen LogP contribution is -2.05. The van der Waals surface area contributed by atoms with Crippen LogP contribution in [0.3, 0.4) is 0 Å². The fraction of sp³-hybridized carbons (Fsp3) is 0.143. The molecule has 0 fully saturated rings. The number of hydrogen-bond donors (Lipinski definition) is 0. The molecular weight excluding hydrogens is 546 g/mol. The van der Waals surface area contributed by atoms with Gasteiger partial charge < -0.3 is 0 Å². The molecule has 31 heavy (non-hydrogen) atoms. The Morgan fingerprint density at radius 3 is 2.48 bits per heavy atom. The van der Waals surface area contributed by atoms with Crippen molar-refractivity contribution in [3.05, 3.63) is 87.3 Å². The molecule has 0 unspecified atom stereocenters. The standard InChI is InChI=1S/C14H13BrN2O2S.C6H4BrN3.CH4/c1-11-2-4-14(5-3-11)20(18,19)10-16-9-13-8-12(15)6-7-17-13;7-5-1-2-10-6(3-5)4-8-9-10;/h2-9H,10H2,1H3;1-4H;1H4. The largest absolute Gasteiger partial charge is 0.274 e. The summed E-state index contributed by atoms with van der Waals surface area (Å²) in [5, 5.41) is 7.54. The summed E-state index contributed by atoms with van der Waals surface area (Å²) in [6.07, 6.45) is 6.65. The third-order valence-corrected chi connectivity index (χ3v) is 6.32. The Labute approximate surface area is 198 Å². The fourth-order valence-electron chi connectivity index (χ4n) is 2.34. The highest BCUT2D eigenvalue weighted by Gasteiger charge is 2.12. The average molecular weight is 567 g/mol. The zero-order chi connectivity index (χ0) is 21.6. The smallest absolute Gasteiger partial charge is 0.198 e. The van der Waals surface area contributed by atoms with Crippen molar-refractivity contribution in [3.8, 4) is 0 Å². The Morgan fingerprint density at radius 2 is 1.77 bits per heavy atom. The molecule has 0 saturated heterocycles. The number of sulfone groups is 1. The van der Waals surface area contributed by atoms with Crippen LogP contribution in [0.25, 0.3) is 5.52 Å². The third kappa shape index (κ3) is 7.34. The molecular formula is C21H21Br2N5O2S. The first-order chi connectivity index (χ1) is 14.3. The molecule has 0 spiro atoms. The molecule has 3 heterocycles. The molecule has 7 nitrogen and oxygen atoms in total. The third-order valence-electron chi connectivity index (χ3n) is 3.85. The zero-order valence-corrected chi connectivity index (χ0v) is 19.8. The van der Waals surface area contributed by atoms with Crippen molar-refractivity contribution in [3.63, 3.8) is 0 Å². The lowest BCUT2D eigenvalue weighted by Gasteiger charge is -2.01. The molecule has 0 aliphatic rings. The minimum absolute atomic E-state index is 0. The normalized spacial score (nSPS) is 11.1. The van der Waals surface area contributed by atoms with Gasteiger partial charge in [-0.2, -0.15) is 0 Å². The summed E-state index contributed by atoms with van der Waals surface area (Å²) in [5.41, 5.74) is 2.62. The molecule has 10 heteroatoms. The quantitative estimate of drug-likeness (QED) is 0.319. The molecule has 0 bridgehead atoms. The number of pyridine rings is 2. The number of halogens is 2. The van der Waals surface area contributed by atoms with Crippen molar-refractivity contribution < 1.29 is 8.42 Å². The number of nitrogens with zero attached hydrogens (tertiary/aromatic N) is 5. The lowest BCUT2D eigenvalue weighted by atomic mass is 10.2. The summed E-state index contributed by atoms with van der Waals surface area (Å²) in [5.74, 6) is -0.287. The van der Waals surface area contributed by atoms with Crippen molar-refractivity contribution in [1.82, 2.24) is 19.8 Å². The van der Waals surface area contributed by atoms with E-state index in [0.29, 0.717) is 5.69 Å². The van der Waals surface area contributed by atoms with E-state index in [9.17, 15) is 8.42 Å². The topological polar surface area (TPSA) is 89.6 Å². The van der Waals surface area contributed by atoms with E-state index in [0.717, 1.165) is 20.0 Å². The van der Waals surface area contributed by atoms with Crippen molar-refractivity contribution in [2.24, 2.45) is 4.99 Å². The summed E-state index contributed by atoms with van der Waals surface area (Å²) in [4.78, 5) is 8.31. The van der Waals surface area contributed by atoms with Gasteiger partial charge in [-0.25, -0.2) is 12.9 Å². The van der Waals surface area contributed by atoms with Crippen LogP contribution in [0.4, 0.5) is 0 Å². The summed E-state index contributed by atoms with van der Waals surface area (Å²) in [7, 11) is -3.39. The Morgan fingerprint density at radius 1 is 1.06 bits per heavy atom. The number of benzene rings is 1. The fourth-order valence-corrected chi connectivity index (χ4v) is 4.02. The summed E-state index contributed by atoms with van der Waals surface area (Å²) >= 11 is 6.67. The monoisotopic (exact) mass is 565 g/mol. The van der Waals surface area contributed by atoms with Crippen LogP contribution in [0.15, 0.2) is 86.0 Å². The number of rotatable bonds is 4. The minimum Gasteiger partial charge on any atom is -0.274 e. The van der Waals surface area contributed by atoms with Crippen LogP contribution in [0.5, 0.6) is 0 Å². The average Bonchev–Trinajstić information content (AvgIpc) is 3.16. The summed E-state index contributed by atoms with van der Waals surface area (Å²) in [6.45, 7) is 1.91. The first-order valence-electron chi connectivity index (χ1n) is 8.70. The van der Waals surface area contributed by atoms with Gasteiger partial charge in [0.25, 0.3) is 0 Å². The van der Waals surface area contributed by atoms with Crippen LogP contribution in [-0.4, -0.2) is 40.3 Å². The molecule has 0 atom stereocenters. The predicted molar refractivity (Wildman–Crippen MR) is 130 cm³/mol. The Balaban J connectivity index is 0.000000260. The summed E-state index contributed by atoms with van der Waals surface area (Å²) in [6, 6.07) is 14.2. The maximum atomic E-state index is 12.1. The molecule has 0 radical (unpaired) electrons. The van der Waals surface area contributed by atoms with E-state index < -0.39 is 9.84 Å². The van der Waals surface area contributed by atoms with Crippen LogP contribution in [0, 0.1) is 6.92 Å². The van der Waals surface area contributed by atoms with Gasteiger partial charge in [0.15, 0.2) is 9.84 Å². The first kappa shape index (κ1) is 24.8. The van der Waals surface area contributed by atoms with Crippen LogP contribution in [0.2, 0.25) is 0 Å². The van der Waals surface area contributed by atoms with Crippen molar-refractivity contribution in [2.75, 3.05) is 5.88 Å². The number of aliphatic imine (C=N–C) groups is 1. The second-order valence-corrected chi connectivity index (χ2v) is 10.0. The highest BCUT2D eigenvalue weighted by atomic mass is 79.9. The molecule has 0 aliphatic heterocycles. The highest BCUT2D eigenvalue weighted by molar-refractivity contribution is 9.10. The molecule has 162 valence electrons. The van der Waals surface area contributed by atoms with Gasteiger partial charge in [0.05, 0.1) is 22.3 Å². The molecule has 0 aliphatic carbocycles. The van der Waals surface area contributed by atoms with Gasteiger partial charge in [-0.05, 0) is 43.3 Å². The van der Waals surface area contributed by atoms with Crippen LogP contribution >= 0.6 is 31.9 Å². The Kier molecular flexibility index (Phi) is 9.02. The van der Waals surface area contributed by atoms with Crippen LogP contribution in [0.1, 0.15) is 18.7 Å². The van der Waals surface area contributed by atoms with Crippen LogP contribution in [-0.2, 0) is 9.84 Å². The lowest BCUT2D eigenvalue weighted by molar-refractivity contribution is 0.596. The van der Waals surface area contributed by atoms with Crippen molar-refractivity contribution in [2.45, 2.75) is 19.2 Å². The Bertz CT molecular complexity index is 1270. The van der Waals surface area contributed by atoms with Gasteiger partial charge in [0.2, 0.25) is 0 Å². The van der Waals surface area contributed by atoms with E-state index in [4.69, 9.17) is 0 Å². The van der Waals surface area contributed by atoms with Gasteiger partial charge in [-0.15, -0.1) is 5.10 Å². The maximum Gasteiger partial charge on any atom is 0.198 e. The molecule has 0 saturated carbocycles. The van der Waals surface area contributed by atoms with E-state index in [-0.39, 0.29) is 18.2 Å². The van der Waals surface area contributed by atoms with Gasteiger partial charge in [0.1, 0.15) is 5.88 Å². The number of hydrogen-bond acceptors (Lipinski definition) is 6. The predicted octanol–water partition coefficient (Wildman–Crippen LogP) is 5.13. The van der Waals surface area contributed by atoms with Gasteiger partial charge >= 0.3 is 0 Å². The van der Waals surface area contributed by atoms with Gasteiger partial charge in [-0.1, -0.05) is 62.2 Å². The zero-order valence-electron chi connectivity index (χ0n) is 15.9. The molecule has 4 aromatic rings. The summed E-state index contributed by atoms with van der Waals surface area (Å²) < 4.78 is 27.7. The van der Waals surface area contributed by atoms with Crippen LogP contribution < -0.4 is 0 Å². The Hall–Kier alpha value is -2.43. The molecule has 4 rings (SSSR count). The molecule has 0 N–H and O–H groups in total. The van der Waals surface area contributed by atoms with E-state index in [2.05, 4.69) is 52.1 Å². The number of fused-ring (bicyclic) bond motifs is 1. The van der Waals surface area contributed by atoms with Crippen molar-refractivity contribution in [1.29, 1.82) is 0 Å². The van der Waals surface area contributed by atoms with E-state index in [1.807, 2.05) is 25.3 Å². The second-order valence-electron chi connectivity index (χ2n) is 6.22.